The number of likely N-dealkylation sites (tertiary alicyclic amines) is 2. The number of benzene rings is 2. The van der Waals surface area contributed by atoms with Crippen molar-refractivity contribution in [2.75, 3.05) is 49.7 Å². The van der Waals surface area contributed by atoms with Gasteiger partial charge < -0.3 is 30.3 Å². The highest BCUT2D eigenvalue weighted by Crippen LogP contribution is 2.36. The molecule has 2 aliphatic heterocycles. The third-order valence-electron chi connectivity index (χ3n) is 12.5. The molecule has 6 aromatic rings. The minimum absolute atomic E-state index is 0.00688. The molecule has 2 saturated heterocycles. The predicted octanol–water partition coefficient (Wildman–Crippen LogP) is 11.4. The van der Waals surface area contributed by atoms with Crippen LogP contribution >= 0.6 is 46.2 Å². The van der Waals surface area contributed by atoms with Crippen LogP contribution in [0.4, 0.5) is 21.6 Å². The van der Waals surface area contributed by atoms with E-state index >= 15 is 0 Å². The second-order valence-corrected chi connectivity index (χ2v) is 24.4. The Morgan fingerprint density at radius 1 is 0.722 bits per heavy atom. The Hall–Kier alpha value is -5.16. The average Bonchev–Trinajstić information content (AvgIpc) is 4.22. The number of aliphatic hydroxyl groups is 1. The molecule has 4 aromatic heterocycles. The third-order valence-corrected chi connectivity index (χ3v) is 16.7. The van der Waals surface area contributed by atoms with Gasteiger partial charge in [-0.2, -0.15) is 0 Å². The van der Waals surface area contributed by atoms with E-state index in [2.05, 4.69) is 102 Å². The Labute approximate surface area is 438 Å². The molecule has 17 nitrogen and oxygen atoms in total. The first kappa shape index (κ1) is 56.1. The molecule has 388 valence electrons. The topological polar surface area (TPSA) is 232 Å². The fraction of sp³-hybridized carbons (Fsp3) is 0.490. The van der Waals surface area contributed by atoms with Crippen LogP contribution in [0.5, 0.6) is 0 Å². The lowest BCUT2D eigenvalue weighted by atomic mass is 9.94. The molecule has 5 N–H and O–H groups in total. The molecule has 0 aliphatic carbocycles. The minimum Gasteiger partial charge on any atom is -0.444 e. The highest BCUT2D eigenvalue weighted by Gasteiger charge is 2.30. The van der Waals surface area contributed by atoms with Gasteiger partial charge in [-0.3, -0.25) is 29.5 Å². The molecule has 2 fully saturated rings. The van der Waals surface area contributed by atoms with Crippen molar-refractivity contribution < 1.29 is 28.5 Å². The molecule has 0 saturated carbocycles. The number of thiazole rings is 2. The average molecular weight is 1060 g/mol. The molecule has 0 bridgehead atoms. The summed E-state index contributed by atoms with van der Waals surface area (Å²) in [4.78, 5) is 58.6. The van der Waals surface area contributed by atoms with Crippen molar-refractivity contribution in [2.24, 2.45) is 11.8 Å². The van der Waals surface area contributed by atoms with E-state index in [0.29, 0.717) is 33.6 Å². The van der Waals surface area contributed by atoms with Gasteiger partial charge in [0.1, 0.15) is 11.5 Å². The van der Waals surface area contributed by atoms with E-state index in [1.807, 2.05) is 24.3 Å². The van der Waals surface area contributed by atoms with E-state index in [9.17, 15) is 19.7 Å². The molecule has 72 heavy (non-hydrogen) atoms. The highest BCUT2D eigenvalue weighted by molar-refractivity contribution is 8.00. The van der Waals surface area contributed by atoms with Crippen molar-refractivity contribution in [3.8, 4) is 0 Å². The highest BCUT2D eigenvalue weighted by atomic mass is 32.2. The predicted molar refractivity (Wildman–Crippen MR) is 289 cm³/mol. The van der Waals surface area contributed by atoms with Crippen LogP contribution in [0.25, 0.3) is 0 Å². The van der Waals surface area contributed by atoms with E-state index < -0.39 is 0 Å². The quantitative estimate of drug-likeness (QED) is 0.0324. The first-order chi connectivity index (χ1) is 34.3. The van der Waals surface area contributed by atoms with Crippen molar-refractivity contribution in [3.05, 3.63) is 118 Å². The van der Waals surface area contributed by atoms with E-state index in [1.54, 1.807) is 60.4 Å². The van der Waals surface area contributed by atoms with Crippen molar-refractivity contribution in [2.45, 2.75) is 124 Å². The maximum Gasteiger partial charge on any atom is 0.269 e. The van der Waals surface area contributed by atoms with Gasteiger partial charge in [0.05, 0.1) is 49.6 Å². The number of non-ortho nitro benzene ring substituents is 1. The van der Waals surface area contributed by atoms with Crippen LogP contribution in [-0.2, 0) is 31.9 Å². The number of hydrogen-bond donors (Lipinski definition) is 4. The number of hydrogen-bond acceptors (Lipinski definition) is 18. The number of rotatable bonds is 15. The van der Waals surface area contributed by atoms with Gasteiger partial charge >= 0.3 is 0 Å². The molecule has 2 aromatic carbocycles. The monoisotopic (exact) mass is 1060 g/mol. The number of piperidine rings is 2. The molecule has 0 spiro atoms. The third kappa shape index (κ3) is 15.9. The van der Waals surface area contributed by atoms with Crippen LogP contribution in [-0.4, -0.2) is 84.9 Å². The second-order valence-electron chi connectivity index (χ2n) is 19.8. The molecule has 21 heteroatoms. The zero-order valence-corrected chi connectivity index (χ0v) is 45.8. The van der Waals surface area contributed by atoms with Gasteiger partial charge in [0, 0.05) is 59.7 Å². The van der Waals surface area contributed by atoms with E-state index in [4.69, 9.17) is 19.7 Å². The lowest BCUT2D eigenvalue weighted by Gasteiger charge is -2.35. The van der Waals surface area contributed by atoms with Crippen LogP contribution in [0.15, 0.2) is 90.6 Å². The van der Waals surface area contributed by atoms with Gasteiger partial charge in [0.2, 0.25) is 23.6 Å². The zero-order chi connectivity index (χ0) is 52.2. The summed E-state index contributed by atoms with van der Waals surface area (Å²) >= 11 is 6.14. The number of thioether (sulfide) groups is 2. The van der Waals surface area contributed by atoms with Gasteiger partial charge in [0.25, 0.3) is 5.69 Å². The number of anilines is 3. The number of nitro groups is 1. The number of nitrogens with two attached hydrogens (primary N) is 1. The number of nitro benzene ring substituents is 1. The van der Waals surface area contributed by atoms with Crippen LogP contribution in [0.2, 0.25) is 0 Å². The summed E-state index contributed by atoms with van der Waals surface area (Å²) in [5.41, 5.74) is 8.83. The first-order valence-electron chi connectivity index (χ1n) is 24.0. The maximum absolute atomic E-state index is 12.8. The van der Waals surface area contributed by atoms with Gasteiger partial charge in [-0.15, -0.1) is 23.5 Å². The minimum atomic E-state index is -0.369. The van der Waals surface area contributed by atoms with Gasteiger partial charge in [0.15, 0.2) is 10.3 Å². The van der Waals surface area contributed by atoms with E-state index in [-0.39, 0.29) is 57.2 Å². The Balaban J connectivity index is 0.000000228. The standard InChI is InChI=1S/C25H31N5O4S2.C25H33N5O2S2.CH4O/c1-16(18-6-5-7-19(12-18)30(32)33)29-10-8-17(9-11-29)23(31)28-24-27-14-22(36-24)35-15-21-26-13-20(34-21)25(2,3)4;1-16(18-6-5-7-19(26)12-18)30-10-8-17(9-11-30)23(31)29-24-28-14-22(34-24)33-15-21-27-13-20(32-21)25(2,3)4;1-2/h5-7,12-14,16-17H,8-11,15H2,1-4H3,(H,27,28,31);5-7,12-14,16-17H,8-11,15,26H2,1-4H3,(H,28,29,31);2H,1H3. The van der Waals surface area contributed by atoms with Crippen molar-refractivity contribution in [3.63, 3.8) is 0 Å². The molecule has 8 rings (SSSR count). The summed E-state index contributed by atoms with van der Waals surface area (Å²) in [6, 6.07) is 15.2. The lowest BCUT2D eigenvalue weighted by molar-refractivity contribution is -0.385. The lowest BCUT2D eigenvalue weighted by Crippen LogP contribution is -2.39. The number of nitrogen functional groups attached to an aromatic ring is 1. The molecule has 2 atom stereocenters. The van der Waals surface area contributed by atoms with Crippen molar-refractivity contribution in [1.82, 2.24) is 29.7 Å². The summed E-state index contributed by atoms with van der Waals surface area (Å²) in [6.45, 7) is 20.1. The number of carbonyl (C=O) groups excluding carboxylic acids is 2. The molecule has 6 heterocycles. The number of aliphatic hydroxyl groups excluding tert-OH is 1. The largest absolute Gasteiger partial charge is 0.444 e. The number of nitrogens with one attached hydrogen (secondary N) is 2. The zero-order valence-electron chi connectivity index (χ0n) is 42.5. The van der Waals surface area contributed by atoms with Gasteiger partial charge in [-0.05, 0) is 89.0 Å². The van der Waals surface area contributed by atoms with Crippen LogP contribution in [0.3, 0.4) is 0 Å². The number of oxazole rings is 2. The molecular formula is C51H68N10O7S4. The summed E-state index contributed by atoms with van der Waals surface area (Å²) in [6.07, 6.45) is 10.3. The molecule has 2 unspecified atom stereocenters. The van der Waals surface area contributed by atoms with E-state index in [1.165, 1.54) is 34.3 Å². The summed E-state index contributed by atoms with van der Waals surface area (Å²) < 4.78 is 13.7. The first-order valence-corrected chi connectivity index (χ1v) is 27.6. The van der Waals surface area contributed by atoms with Crippen LogP contribution in [0, 0.1) is 22.0 Å². The van der Waals surface area contributed by atoms with Gasteiger partial charge in [-0.25, -0.2) is 19.9 Å². The summed E-state index contributed by atoms with van der Waals surface area (Å²) in [5, 5.41) is 25.3. The van der Waals surface area contributed by atoms with Crippen molar-refractivity contribution in [1.29, 1.82) is 0 Å². The number of nitrogens with zero attached hydrogens (tertiary/aromatic N) is 7. The normalized spacial score (nSPS) is 15.9. The Morgan fingerprint density at radius 2 is 1.14 bits per heavy atom. The summed E-state index contributed by atoms with van der Waals surface area (Å²) in [5.74, 6) is 4.34. The number of carbonyl (C=O) groups is 2. The fourth-order valence-electron chi connectivity index (χ4n) is 8.13. The second kappa shape index (κ2) is 25.7. The fourth-order valence-corrected chi connectivity index (χ4v) is 11.6. The number of aromatic nitrogens is 4. The molecule has 2 amide bonds. The Kier molecular flexibility index (Phi) is 20.0. The van der Waals surface area contributed by atoms with Crippen molar-refractivity contribution >= 4 is 79.6 Å². The van der Waals surface area contributed by atoms with Gasteiger partial charge in [-0.1, -0.05) is 88.5 Å². The maximum atomic E-state index is 12.8. The molecule has 0 radical (unpaired) electrons. The Morgan fingerprint density at radius 3 is 1.53 bits per heavy atom. The van der Waals surface area contributed by atoms with Crippen LogP contribution < -0.4 is 16.4 Å². The smallest absolute Gasteiger partial charge is 0.269 e. The van der Waals surface area contributed by atoms with Crippen LogP contribution in [0.1, 0.15) is 128 Å². The molecular weight excluding hydrogens is 993 g/mol. The van der Waals surface area contributed by atoms with E-state index in [0.717, 1.165) is 90.2 Å². The SMILES string of the molecule is CC(c1cccc(N)c1)N1CCC(C(=O)Nc2ncc(SCc3ncc(C(C)(C)C)o3)s2)CC1.CC(c1cccc([N+](=O)[O-])c1)N1CCC(C(=O)Nc2ncc(SCc3ncc(C(C)(C)C)o3)s2)CC1.CO. The summed E-state index contributed by atoms with van der Waals surface area (Å²) in [7, 11) is 1.00. The molecule has 2 aliphatic rings. The Bertz CT molecular complexity index is 2690. The number of amides is 2.